The van der Waals surface area contributed by atoms with Gasteiger partial charge in [-0.05, 0) is 31.2 Å². The summed E-state index contributed by atoms with van der Waals surface area (Å²) in [6, 6.07) is 15.3. The van der Waals surface area contributed by atoms with Crippen molar-refractivity contribution in [2.75, 3.05) is 19.7 Å². The van der Waals surface area contributed by atoms with E-state index in [9.17, 15) is 10.4 Å². The second kappa shape index (κ2) is 9.74. The Bertz CT molecular complexity index is 701. The highest BCUT2D eigenvalue weighted by Crippen LogP contribution is 2.26. The molecule has 2 unspecified atom stereocenters. The maximum absolute atomic E-state index is 9.38. The highest BCUT2D eigenvalue weighted by molar-refractivity contribution is 5.39. The van der Waals surface area contributed by atoms with Gasteiger partial charge in [0.1, 0.15) is 17.7 Å². The smallest absolute Gasteiger partial charge is 0.232 e. The summed E-state index contributed by atoms with van der Waals surface area (Å²) in [6.45, 7) is 2.47. The van der Waals surface area contributed by atoms with E-state index < -0.39 is 6.10 Å². The quantitative estimate of drug-likeness (QED) is 0.601. The van der Waals surface area contributed by atoms with E-state index in [0.717, 1.165) is 11.3 Å². The monoisotopic (exact) mass is 341 g/mol. The minimum absolute atomic E-state index is 0.273. The molecular weight excluding hydrogens is 318 g/mol. The molecule has 0 saturated heterocycles. The summed E-state index contributed by atoms with van der Waals surface area (Å²) in [4.78, 5) is 4.34. The number of nitrogens with zero attached hydrogens (tertiary/aromatic N) is 2. The van der Waals surface area contributed by atoms with Crippen molar-refractivity contribution in [2.45, 2.75) is 25.6 Å². The van der Waals surface area contributed by atoms with Crippen molar-refractivity contribution in [3.8, 4) is 11.9 Å². The molecule has 2 atom stereocenters. The van der Waals surface area contributed by atoms with Gasteiger partial charge < -0.3 is 20.3 Å². The molecule has 0 saturated carbocycles. The van der Waals surface area contributed by atoms with Crippen LogP contribution in [0.25, 0.3) is 0 Å². The van der Waals surface area contributed by atoms with Crippen LogP contribution in [0.15, 0.2) is 42.5 Å². The third kappa shape index (κ3) is 5.84. The largest absolute Gasteiger partial charge is 0.468 e. The molecule has 132 valence electrons. The molecule has 6 heteroatoms. The topological polar surface area (TPSA) is 98.4 Å². The number of hydrogen-bond donors (Lipinski definition) is 3. The second-order valence-corrected chi connectivity index (χ2v) is 5.76. The molecule has 0 radical (unpaired) electrons. The number of aliphatic hydroxyl groups is 2. The van der Waals surface area contributed by atoms with Crippen molar-refractivity contribution in [1.82, 2.24) is 10.3 Å². The van der Waals surface area contributed by atoms with Crippen molar-refractivity contribution >= 4 is 0 Å². The maximum atomic E-state index is 9.38. The Morgan fingerprint density at radius 1 is 1.24 bits per heavy atom. The number of rotatable bonds is 9. The minimum atomic E-state index is -0.778. The Hall–Kier alpha value is -2.46. The van der Waals surface area contributed by atoms with Crippen molar-refractivity contribution in [3.63, 3.8) is 0 Å². The van der Waals surface area contributed by atoms with Crippen LogP contribution in [0.2, 0.25) is 0 Å². The molecular formula is C19H23N3O3. The molecule has 0 fully saturated rings. The number of aromatic nitrogens is 1. The van der Waals surface area contributed by atoms with Gasteiger partial charge in [0.2, 0.25) is 5.88 Å². The van der Waals surface area contributed by atoms with Gasteiger partial charge in [0.25, 0.3) is 0 Å². The summed E-state index contributed by atoms with van der Waals surface area (Å²) in [5, 5.41) is 30.6. The van der Waals surface area contributed by atoms with Crippen LogP contribution in [0.1, 0.15) is 29.3 Å². The van der Waals surface area contributed by atoms with Crippen LogP contribution in [-0.2, 0) is 0 Å². The molecule has 1 heterocycles. The summed E-state index contributed by atoms with van der Waals surface area (Å²) in [5.41, 5.74) is 2.17. The number of nitriles is 1. The van der Waals surface area contributed by atoms with Crippen molar-refractivity contribution < 1.29 is 14.9 Å². The lowest BCUT2D eigenvalue weighted by Gasteiger charge is -2.20. The number of hydrogen-bond acceptors (Lipinski definition) is 6. The molecule has 1 aromatic carbocycles. The SMILES string of the molecule is Cc1ccc(C#N)c(OC(CCNCC(O)CO)c2ccccc2)n1. The average molecular weight is 341 g/mol. The fourth-order valence-electron chi connectivity index (χ4n) is 2.37. The van der Waals surface area contributed by atoms with Gasteiger partial charge in [0, 0.05) is 18.7 Å². The van der Waals surface area contributed by atoms with Crippen molar-refractivity contribution in [1.29, 1.82) is 5.26 Å². The van der Waals surface area contributed by atoms with E-state index in [-0.39, 0.29) is 12.7 Å². The number of aliphatic hydroxyl groups excluding tert-OH is 2. The molecule has 0 spiro atoms. The molecule has 0 aliphatic rings. The first-order valence-corrected chi connectivity index (χ1v) is 8.23. The summed E-state index contributed by atoms with van der Waals surface area (Å²) < 4.78 is 6.05. The molecule has 0 aliphatic carbocycles. The Labute approximate surface area is 147 Å². The lowest BCUT2D eigenvalue weighted by atomic mass is 10.1. The number of pyridine rings is 1. The van der Waals surface area contributed by atoms with E-state index in [4.69, 9.17) is 9.84 Å². The minimum Gasteiger partial charge on any atom is -0.468 e. The summed E-state index contributed by atoms with van der Waals surface area (Å²) in [6.07, 6.45) is -0.427. The lowest BCUT2D eigenvalue weighted by molar-refractivity contribution is 0.0932. The van der Waals surface area contributed by atoms with Crippen LogP contribution in [0.5, 0.6) is 5.88 Å². The number of aryl methyl sites for hydroxylation is 1. The summed E-state index contributed by atoms with van der Waals surface area (Å²) in [7, 11) is 0. The van der Waals surface area contributed by atoms with Gasteiger partial charge in [0.15, 0.2) is 0 Å². The van der Waals surface area contributed by atoms with Crippen LogP contribution in [-0.4, -0.2) is 41.0 Å². The molecule has 25 heavy (non-hydrogen) atoms. The predicted octanol–water partition coefficient (Wildman–Crippen LogP) is 1.71. The fourth-order valence-corrected chi connectivity index (χ4v) is 2.37. The van der Waals surface area contributed by atoms with Crippen LogP contribution in [0, 0.1) is 18.3 Å². The first kappa shape index (κ1) is 18.9. The first-order chi connectivity index (χ1) is 12.1. The van der Waals surface area contributed by atoms with Crippen LogP contribution >= 0.6 is 0 Å². The predicted molar refractivity (Wildman–Crippen MR) is 94.1 cm³/mol. The third-order valence-electron chi connectivity index (χ3n) is 3.72. The molecule has 2 rings (SSSR count). The van der Waals surface area contributed by atoms with Crippen molar-refractivity contribution in [2.24, 2.45) is 0 Å². The number of nitrogens with one attached hydrogen (secondary N) is 1. The molecule has 3 N–H and O–H groups in total. The van der Waals surface area contributed by atoms with E-state index in [2.05, 4.69) is 16.4 Å². The van der Waals surface area contributed by atoms with E-state index >= 15 is 0 Å². The van der Waals surface area contributed by atoms with Gasteiger partial charge in [-0.25, -0.2) is 4.98 Å². The normalized spacial score (nSPS) is 13.0. The van der Waals surface area contributed by atoms with Gasteiger partial charge in [-0.2, -0.15) is 5.26 Å². The molecule has 0 bridgehead atoms. The Morgan fingerprint density at radius 3 is 2.68 bits per heavy atom. The molecule has 0 amide bonds. The maximum Gasteiger partial charge on any atom is 0.232 e. The van der Waals surface area contributed by atoms with Crippen LogP contribution in [0.4, 0.5) is 0 Å². The zero-order chi connectivity index (χ0) is 18.1. The number of ether oxygens (including phenoxy) is 1. The highest BCUT2D eigenvalue weighted by Gasteiger charge is 2.16. The standard InChI is InChI=1S/C19H23N3O3/c1-14-7-8-16(11-20)19(22-14)25-18(15-5-3-2-4-6-15)9-10-21-12-17(24)13-23/h2-8,17-18,21,23-24H,9-10,12-13H2,1H3. The summed E-state index contributed by atoms with van der Waals surface area (Å²) >= 11 is 0. The first-order valence-electron chi connectivity index (χ1n) is 8.23. The molecule has 0 aliphatic heterocycles. The highest BCUT2D eigenvalue weighted by atomic mass is 16.5. The average Bonchev–Trinajstić information content (AvgIpc) is 2.64. The number of benzene rings is 1. The van der Waals surface area contributed by atoms with Crippen LogP contribution < -0.4 is 10.1 Å². The van der Waals surface area contributed by atoms with E-state index in [1.807, 2.05) is 37.3 Å². The van der Waals surface area contributed by atoms with Gasteiger partial charge in [0.05, 0.1) is 12.7 Å². The second-order valence-electron chi connectivity index (χ2n) is 5.76. The van der Waals surface area contributed by atoms with Crippen molar-refractivity contribution in [3.05, 3.63) is 59.3 Å². The third-order valence-corrected chi connectivity index (χ3v) is 3.72. The van der Waals surface area contributed by atoms with Gasteiger partial charge in [-0.3, -0.25) is 0 Å². The fraction of sp³-hybridized carbons (Fsp3) is 0.368. The van der Waals surface area contributed by atoms with E-state index in [0.29, 0.717) is 31.0 Å². The van der Waals surface area contributed by atoms with Crippen LogP contribution in [0.3, 0.4) is 0 Å². The van der Waals surface area contributed by atoms with Gasteiger partial charge in [-0.15, -0.1) is 0 Å². The van der Waals surface area contributed by atoms with E-state index in [1.54, 1.807) is 12.1 Å². The molecule has 2 aromatic rings. The molecule has 6 nitrogen and oxygen atoms in total. The summed E-state index contributed by atoms with van der Waals surface area (Å²) in [5.74, 6) is 0.326. The lowest BCUT2D eigenvalue weighted by Crippen LogP contribution is -2.31. The van der Waals surface area contributed by atoms with Gasteiger partial charge >= 0.3 is 0 Å². The zero-order valence-corrected chi connectivity index (χ0v) is 14.2. The zero-order valence-electron chi connectivity index (χ0n) is 14.2. The Morgan fingerprint density at radius 2 is 2.00 bits per heavy atom. The molecule has 1 aromatic heterocycles. The Balaban J connectivity index is 2.10. The van der Waals surface area contributed by atoms with Gasteiger partial charge in [-0.1, -0.05) is 30.3 Å². The van der Waals surface area contributed by atoms with E-state index in [1.165, 1.54) is 0 Å². The Kier molecular flexibility index (Phi) is 7.36.